The summed E-state index contributed by atoms with van der Waals surface area (Å²) in [5.41, 5.74) is 10.4. The number of carbonyl (C=O) groups is 2. The molecule has 1 fully saturated rings. The van der Waals surface area contributed by atoms with E-state index in [2.05, 4.69) is 5.32 Å². The predicted molar refractivity (Wildman–Crippen MR) is 56.4 cm³/mol. The Bertz CT molecular complexity index is 341. The first-order chi connectivity index (χ1) is 7.32. The SMILES string of the molecule is NP(N)(=O)N1CCC[C@H](NCC(=O)O)C1=O. The van der Waals surface area contributed by atoms with E-state index in [1.165, 1.54) is 0 Å². The molecule has 0 bridgehead atoms. The van der Waals surface area contributed by atoms with Crippen LogP contribution in [0.3, 0.4) is 0 Å². The highest BCUT2D eigenvalue weighted by molar-refractivity contribution is 7.57. The number of carboxylic acid groups (broad SMARTS) is 1. The minimum absolute atomic E-state index is 0.244. The summed E-state index contributed by atoms with van der Waals surface area (Å²) in [5.74, 6) is -1.56. The van der Waals surface area contributed by atoms with Crippen molar-refractivity contribution in [3.63, 3.8) is 0 Å². The minimum atomic E-state index is -3.59. The Morgan fingerprint density at radius 3 is 2.75 bits per heavy atom. The third-order valence-electron chi connectivity index (χ3n) is 2.29. The Labute approximate surface area is 92.5 Å². The fourth-order valence-corrected chi connectivity index (χ4v) is 2.47. The van der Waals surface area contributed by atoms with Gasteiger partial charge >= 0.3 is 13.6 Å². The predicted octanol–water partition coefficient (Wildman–Crippen LogP) is -1.32. The Balaban J connectivity index is 2.64. The molecule has 1 aliphatic rings. The quantitative estimate of drug-likeness (QED) is 0.453. The molecule has 0 radical (unpaired) electrons. The fourth-order valence-electron chi connectivity index (χ4n) is 1.57. The van der Waals surface area contributed by atoms with E-state index < -0.39 is 25.5 Å². The van der Waals surface area contributed by atoms with E-state index in [4.69, 9.17) is 16.1 Å². The van der Waals surface area contributed by atoms with Crippen LogP contribution in [-0.2, 0) is 14.2 Å². The van der Waals surface area contributed by atoms with Crippen molar-refractivity contribution in [3.8, 4) is 0 Å². The molecule has 0 aromatic rings. The van der Waals surface area contributed by atoms with Crippen LogP contribution in [0.2, 0.25) is 0 Å². The van der Waals surface area contributed by atoms with Crippen molar-refractivity contribution in [2.24, 2.45) is 11.0 Å². The molecule has 0 unspecified atom stereocenters. The summed E-state index contributed by atoms with van der Waals surface area (Å²) in [6.07, 6.45) is 1.07. The van der Waals surface area contributed by atoms with Gasteiger partial charge in [-0.2, -0.15) is 0 Å². The van der Waals surface area contributed by atoms with Crippen LogP contribution in [0, 0.1) is 0 Å². The lowest BCUT2D eigenvalue weighted by Gasteiger charge is -2.33. The van der Waals surface area contributed by atoms with E-state index in [0.29, 0.717) is 12.8 Å². The van der Waals surface area contributed by atoms with Crippen LogP contribution < -0.4 is 16.3 Å². The molecular weight excluding hydrogens is 235 g/mol. The molecule has 1 atom stereocenters. The van der Waals surface area contributed by atoms with Gasteiger partial charge in [-0.1, -0.05) is 0 Å². The van der Waals surface area contributed by atoms with Gasteiger partial charge in [0, 0.05) is 6.54 Å². The normalized spacial score (nSPS) is 22.2. The van der Waals surface area contributed by atoms with Gasteiger partial charge in [-0.05, 0) is 12.8 Å². The monoisotopic (exact) mass is 250 g/mol. The number of aliphatic carboxylic acids is 1. The Kier molecular flexibility index (Phi) is 4.03. The number of hydrogen-bond acceptors (Lipinski definition) is 4. The number of hydrogen-bond donors (Lipinski definition) is 4. The van der Waals surface area contributed by atoms with Crippen molar-refractivity contribution in [2.45, 2.75) is 18.9 Å². The molecule has 0 saturated carbocycles. The van der Waals surface area contributed by atoms with Gasteiger partial charge in [0.15, 0.2) is 0 Å². The summed E-state index contributed by atoms with van der Waals surface area (Å²) in [4.78, 5) is 22.1. The summed E-state index contributed by atoms with van der Waals surface area (Å²) < 4.78 is 12.3. The highest BCUT2D eigenvalue weighted by Crippen LogP contribution is 2.35. The molecule has 0 spiro atoms. The number of carboxylic acids is 1. The molecule has 0 aromatic carbocycles. The Morgan fingerprint density at radius 2 is 2.25 bits per heavy atom. The van der Waals surface area contributed by atoms with Crippen molar-refractivity contribution in [1.82, 2.24) is 9.99 Å². The second-order valence-corrected chi connectivity index (χ2v) is 5.43. The van der Waals surface area contributed by atoms with Gasteiger partial charge in [0.25, 0.3) is 0 Å². The molecular formula is C7H15N4O4P. The van der Waals surface area contributed by atoms with E-state index in [1.54, 1.807) is 0 Å². The van der Waals surface area contributed by atoms with Crippen molar-refractivity contribution in [2.75, 3.05) is 13.1 Å². The van der Waals surface area contributed by atoms with Gasteiger partial charge in [0.2, 0.25) is 5.91 Å². The Hall–Kier alpha value is -0.950. The number of nitrogens with two attached hydrogens (primary N) is 2. The van der Waals surface area contributed by atoms with Crippen LogP contribution in [0.4, 0.5) is 0 Å². The average Bonchev–Trinajstić information content (AvgIpc) is 2.14. The van der Waals surface area contributed by atoms with Crippen LogP contribution in [0.25, 0.3) is 0 Å². The summed E-state index contributed by atoms with van der Waals surface area (Å²) in [6, 6.07) is -0.676. The highest BCUT2D eigenvalue weighted by Gasteiger charge is 2.35. The summed E-state index contributed by atoms with van der Waals surface area (Å²) in [6.45, 7) is -0.0853. The molecule has 16 heavy (non-hydrogen) atoms. The van der Waals surface area contributed by atoms with E-state index in [9.17, 15) is 14.2 Å². The van der Waals surface area contributed by atoms with E-state index in [1.807, 2.05) is 0 Å². The number of carbonyl (C=O) groups excluding carboxylic acids is 1. The topological polar surface area (TPSA) is 139 Å². The van der Waals surface area contributed by atoms with Gasteiger partial charge in [0.1, 0.15) is 0 Å². The lowest BCUT2D eigenvalue weighted by Crippen LogP contribution is -2.52. The molecule has 1 heterocycles. The van der Waals surface area contributed by atoms with Gasteiger partial charge in [-0.15, -0.1) is 0 Å². The van der Waals surface area contributed by atoms with Crippen molar-refractivity contribution < 1.29 is 19.3 Å². The van der Waals surface area contributed by atoms with Crippen LogP contribution >= 0.6 is 7.59 Å². The van der Waals surface area contributed by atoms with Gasteiger partial charge in [0.05, 0.1) is 12.6 Å². The lowest BCUT2D eigenvalue weighted by molar-refractivity contribution is -0.136. The molecule has 1 aliphatic heterocycles. The largest absolute Gasteiger partial charge is 0.480 e. The maximum absolute atomic E-state index is 11.7. The highest BCUT2D eigenvalue weighted by atomic mass is 31.2. The number of nitrogens with zero attached hydrogens (tertiary/aromatic N) is 1. The van der Waals surface area contributed by atoms with Crippen LogP contribution in [-0.4, -0.2) is 40.8 Å². The molecule has 1 amide bonds. The summed E-state index contributed by atoms with van der Waals surface area (Å²) in [5, 5.41) is 11.0. The fraction of sp³-hybridized carbons (Fsp3) is 0.714. The van der Waals surface area contributed by atoms with E-state index >= 15 is 0 Å². The first-order valence-corrected chi connectivity index (χ1v) is 6.56. The molecule has 92 valence electrons. The molecule has 1 rings (SSSR count). The molecule has 6 N–H and O–H groups in total. The zero-order valence-corrected chi connectivity index (χ0v) is 9.52. The molecule has 0 aliphatic carbocycles. The van der Waals surface area contributed by atoms with E-state index in [0.717, 1.165) is 4.67 Å². The van der Waals surface area contributed by atoms with Crippen molar-refractivity contribution >= 4 is 19.5 Å². The lowest BCUT2D eigenvalue weighted by atomic mass is 10.1. The van der Waals surface area contributed by atoms with Gasteiger partial charge in [-0.3, -0.25) is 35.1 Å². The number of rotatable bonds is 4. The average molecular weight is 250 g/mol. The van der Waals surface area contributed by atoms with Gasteiger partial charge < -0.3 is 5.11 Å². The van der Waals surface area contributed by atoms with Crippen molar-refractivity contribution in [3.05, 3.63) is 0 Å². The second-order valence-electron chi connectivity index (χ2n) is 3.60. The first kappa shape index (κ1) is 13.1. The third-order valence-corrected chi connectivity index (χ3v) is 3.44. The van der Waals surface area contributed by atoms with Crippen molar-refractivity contribution in [1.29, 1.82) is 0 Å². The summed E-state index contributed by atoms with van der Waals surface area (Å²) >= 11 is 0. The zero-order chi connectivity index (χ0) is 12.3. The first-order valence-electron chi connectivity index (χ1n) is 4.76. The molecule has 9 heteroatoms. The smallest absolute Gasteiger partial charge is 0.317 e. The second kappa shape index (κ2) is 4.92. The number of nitrogens with one attached hydrogen (secondary N) is 1. The molecule has 1 saturated heterocycles. The number of amides is 1. The van der Waals surface area contributed by atoms with Crippen LogP contribution in [0.1, 0.15) is 12.8 Å². The standard InChI is InChI=1S/C7H15N4O4P/c8-16(9,15)11-3-1-2-5(7(11)14)10-4-6(12)13/h5,10H,1-4H2,(H,12,13)(H4,8,9,15)/t5-/m0/s1. The number of piperidine rings is 1. The summed E-state index contributed by atoms with van der Waals surface area (Å²) in [7, 11) is -3.59. The van der Waals surface area contributed by atoms with E-state index in [-0.39, 0.29) is 13.1 Å². The zero-order valence-electron chi connectivity index (χ0n) is 8.63. The minimum Gasteiger partial charge on any atom is -0.480 e. The third kappa shape index (κ3) is 3.28. The Morgan fingerprint density at radius 1 is 1.62 bits per heavy atom. The maximum Gasteiger partial charge on any atom is 0.317 e. The maximum atomic E-state index is 11.7. The van der Waals surface area contributed by atoms with Crippen LogP contribution in [0.5, 0.6) is 0 Å². The van der Waals surface area contributed by atoms with Gasteiger partial charge in [-0.25, -0.2) is 0 Å². The molecule has 8 nitrogen and oxygen atoms in total. The van der Waals surface area contributed by atoms with Crippen LogP contribution in [0.15, 0.2) is 0 Å². The molecule has 0 aromatic heterocycles.